The molecule has 0 aromatic heterocycles. The zero-order chi connectivity index (χ0) is 21.4. The quantitative estimate of drug-likeness (QED) is 0.381. The second kappa shape index (κ2) is 6.02. The van der Waals surface area contributed by atoms with Crippen LogP contribution in [-0.4, -0.2) is 11.6 Å². The van der Waals surface area contributed by atoms with Crippen LogP contribution in [-0.2, 0) is 5.41 Å². The molecular weight excluding hydrogens is 392 g/mol. The van der Waals surface area contributed by atoms with E-state index in [-0.39, 0.29) is 17.5 Å². The molecule has 2 atom stereocenters. The van der Waals surface area contributed by atoms with Gasteiger partial charge in [0.05, 0.1) is 5.41 Å². The van der Waals surface area contributed by atoms with E-state index >= 15 is 0 Å². The van der Waals surface area contributed by atoms with Gasteiger partial charge in [-0.3, -0.25) is 9.59 Å². The number of rotatable bonds is 1. The molecule has 0 amide bonds. The van der Waals surface area contributed by atoms with Crippen molar-refractivity contribution in [2.24, 2.45) is 0 Å². The Bertz CT molecular complexity index is 1510. The van der Waals surface area contributed by atoms with Gasteiger partial charge in [-0.05, 0) is 33.4 Å². The summed E-state index contributed by atoms with van der Waals surface area (Å²) in [5.41, 5.74) is 7.08. The SMILES string of the molecule is O=C1C2=C(c3ccccc31)[C@@H]1c3ccccc3C(=O)[C@]1(c1ccccc1)c1ccccc12. The first-order valence-corrected chi connectivity index (χ1v) is 10.9. The third-order valence-electron chi connectivity index (χ3n) is 7.40. The highest BCUT2D eigenvalue weighted by Gasteiger charge is 2.61. The Hall–Kier alpha value is -4.04. The monoisotopic (exact) mass is 410 g/mol. The number of hydrogen-bond acceptors (Lipinski definition) is 2. The Morgan fingerprint density at radius 3 is 1.94 bits per heavy atom. The molecule has 0 N–H and O–H groups in total. The van der Waals surface area contributed by atoms with Crippen molar-refractivity contribution in [2.45, 2.75) is 11.3 Å². The zero-order valence-corrected chi connectivity index (χ0v) is 17.2. The van der Waals surface area contributed by atoms with Gasteiger partial charge in [0.15, 0.2) is 11.6 Å². The van der Waals surface area contributed by atoms with Crippen LogP contribution in [0.15, 0.2) is 103 Å². The summed E-state index contributed by atoms with van der Waals surface area (Å²) in [4.78, 5) is 28.1. The van der Waals surface area contributed by atoms with Gasteiger partial charge < -0.3 is 0 Å². The van der Waals surface area contributed by atoms with Gasteiger partial charge in [0.25, 0.3) is 0 Å². The highest BCUT2D eigenvalue weighted by Crippen LogP contribution is 2.65. The van der Waals surface area contributed by atoms with E-state index in [1.165, 1.54) is 0 Å². The van der Waals surface area contributed by atoms with Crippen LogP contribution < -0.4 is 0 Å². The first-order chi connectivity index (χ1) is 15.7. The summed E-state index contributed by atoms with van der Waals surface area (Å²) in [5, 5.41) is 0. The third kappa shape index (κ3) is 1.87. The van der Waals surface area contributed by atoms with E-state index in [1.807, 2.05) is 84.9 Å². The molecule has 0 unspecified atom stereocenters. The Kier molecular flexibility index (Phi) is 3.31. The minimum absolute atomic E-state index is 0.0570. The molecule has 0 aliphatic heterocycles. The predicted molar refractivity (Wildman–Crippen MR) is 125 cm³/mol. The highest BCUT2D eigenvalue weighted by atomic mass is 16.1. The maximum Gasteiger partial charge on any atom is 0.194 e. The summed E-state index contributed by atoms with van der Waals surface area (Å²) in [6.07, 6.45) is 0. The van der Waals surface area contributed by atoms with Crippen molar-refractivity contribution in [2.75, 3.05) is 0 Å². The van der Waals surface area contributed by atoms with E-state index < -0.39 is 5.41 Å². The number of Topliss-reactive ketones (excluding diaryl/α,β-unsaturated/α-hetero) is 2. The van der Waals surface area contributed by atoms with E-state index in [2.05, 4.69) is 18.2 Å². The Morgan fingerprint density at radius 1 is 0.562 bits per heavy atom. The second-order valence-electron chi connectivity index (χ2n) is 8.73. The summed E-state index contributed by atoms with van der Waals surface area (Å²) in [6, 6.07) is 33.8. The molecule has 0 saturated heterocycles. The van der Waals surface area contributed by atoms with Crippen LogP contribution in [0.1, 0.15) is 54.5 Å². The standard InChI is InChI=1S/C30H18O2/c31-28-21-14-6-4-12-19(21)25-26(28)23-16-8-9-17-24(23)30(18-10-2-1-3-11-18)27(25)20-13-5-7-15-22(20)29(30)32/h1-17,27H/t27-,30+/m0/s1. The zero-order valence-electron chi connectivity index (χ0n) is 17.2. The van der Waals surface area contributed by atoms with Crippen molar-refractivity contribution in [1.82, 2.24) is 0 Å². The summed E-state index contributed by atoms with van der Waals surface area (Å²) in [6.45, 7) is 0. The molecule has 150 valence electrons. The van der Waals surface area contributed by atoms with E-state index in [1.54, 1.807) is 0 Å². The molecule has 2 nitrogen and oxygen atoms in total. The molecule has 32 heavy (non-hydrogen) atoms. The molecule has 3 aliphatic carbocycles. The molecule has 7 rings (SSSR count). The average molecular weight is 410 g/mol. The summed E-state index contributed by atoms with van der Waals surface area (Å²) in [5.74, 6) is -0.0761. The van der Waals surface area contributed by atoms with Crippen molar-refractivity contribution in [3.05, 3.63) is 142 Å². The fourth-order valence-electron chi connectivity index (χ4n) is 6.26. The molecule has 0 heterocycles. The van der Waals surface area contributed by atoms with Crippen LogP contribution in [0.3, 0.4) is 0 Å². The van der Waals surface area contributed by atoms with Gasteiger partial charge in [-0.2, -0.15) is 0 Å². The predicted octanol–water partition coefficient (Wildman–Crippen LogP) is 6.07. The topological polar surface area (TPSA) is 34.1 Å². The second-order valence-corrected chi connectivity index (χ2v) is 8.73. The number of allylic oxidation sites excluding steroid dienone is 2. The lowest BCUT2D eigenvalue weighted by atomic mass is 9.58. The molecule has 4 aromatic carbocycles. The Balaban J connectivity index is 1.70. The number of ketones is 2. The minimum Gasteiger partial charge on any atom is -0.293 e. The van der Waals surface area contributed by atoms with E-state index in [0.717, 1.165) is 50.1 Å². The van der Waals surface area contributed by atoms with Crippen molar-refractivity contribution in [1.29, 1.82) is 0 Å². The molecule has 0 saturated carbocycles. The van der Waals surface area contributed by atoms with Crippen LogP contribution >= 0.6 is 0 Å². The van der Waals surface area contributed by atoms with Crippen LogP contribution in [0.5, 0.6) is 0 Å². The lowest BCUT2D eigenvalue weighted by Crippen LogP contribution is -2.41. The van der Waals surface area contributed by atoms with Gasteiger partial charge in [0.2, 0.25) is 0 Å². The molecule has 0 radical (unpaired) electrons. The minimum atomic E-state index is -0.891. The highest BCUT2D eigenvalue weighted by molar-refractivity contribution is 6.42. The van der Waals surface area contributed by atoms with Gasteiger partial charge in [0.1, 0.15) is 0 Å². The van der Waals surface area contributed by atoms with Gasteiger partial charge in [-0.25, -0.2) is 0 Å². The lowest BCUT2D eigenvalue weighted by molar-refractivity contribution is 0.0921. The molecule has 3 aliphatic rings. The van der Waals surface area contributed by atoms with E-state index in [9.17, 15) is 9.59 Å². The lowest BCUT2D eigenvalue weighted by Gasteiger charge is -2.41. The number of hydrogen-bond donors (Lipinski definition) is 0. The number of benzene rings is 4. The van der Waals surface area contributed by atoms with Crippen LogP contribution in [0.25, 0.3) is 11.1 Å². The van der Waals surface area contributed by atoms with Gasteiger partial charge >= 0.3 is 0 Å². The summed E-state index contributed by atoms with van der Waals surface area (Å²) in [7, 11) is 0. The third-order valence-corrected chi connectivity index (χ3v) is 7.40. The maximum atomic E-state index is 14.4. The van der Waals surface area contributed by atoms with Crippen molar-refractivity contribution >= 4 is 22.7 Å². The first-order valence-electron chi connectivity index (χ1n) is 10.9. The van der Waals surface area contributed by atoms with Gasteiger partial charge in [-0.15, -0.1) is 0 Å². The molecule has 2 heteroatoms. The van der Waals surface area contributed by atoms with E-state index in [4.69, 9.17) is 0 Å². The normalized spacial score (nSPS) is 22.2. The molecule has 0 spiro atoms. The Labute approximate surface area is 185 Å². The summed E-state index contributed by atoms with van der Waals surface area (Å²) < 4.78 is 0. The smallest absolute Gasteiger partial charge is 0.194 e. The maximum absolute atomic E-state index is 14.4. The molecule has 4 aromatic rings. The number of carbonyl (C=O) groups excluding carboxylic acids is 2. The average Bonchev–Trinajstić information content (AvgIpc) is 3.30. The fourth-order valence-corrected chi connectivity index (χ4v) is 6.26. The first kappa shape index (κ1) is 17.6. The largest absolute Gasteiger partial charge is 0.293 e. The molecular formula is C30H18O2. The van der Waals surface area contributed by atoms with Crippen LogP contribution in [0.2, 0.25) is 0 Å². The molecule has 0 bridgehead atoms. The van der Waals surface area contributed by atoms with E-state index in [0.29, 0.717) is 0 Å². The van der Waals surface area contributed by atoms with Crippen molar-refractivity contribution < 1.29 is 9.59 Å². The molecule has 0 fully saturated rings. The van der Waals surface area contributed by atoms with Crippen molar-refractivity contribution in [3.8, 4) is 0 Å². The Morgan fingerprint density at radius 2 is 1.16 bits per heavy atom. The van der Waals surface area contributed by atoms with Gasteiger partial charge in [0, 0.05) is 22.6 Å². The van der Waals surface area contributed by atoms with Crippen molar-refractivity contribution in [3.63, 3.8) is 0 Å². The van der Waals surface area contributed by atoms with Crippen LogP contribution in [0, 0.1) is 0 Å². The fraction of sp³-hybridized carbons (Fsp3) is 0.0667. The number of carbonyl (C=O) groups is 2. The number of fused-ring (bicyclic) bond motifs is 9. The van der Waals surface area contributed by atoms with Gasteiger partial charge in [-0.1, -0.05) is 103 Å². The summed E-state index contributed by atoms with van der Waals surface area (Å²) >= 11 is 0. The van der Waals surface area contributed by atoms with Crippen LogP contribution in [0.4, 0.5) is 0 Å².